The molecule has 0 atom stereocenters. The minimum atomic E-state index is -0.363. The number of thiocarbonyl (C=S) groups is 1. The van der Waals surface area contributed by atoms with Crippen LogP contribution >= 0.6 is 28.1 Å². The number of benzene rings is 3. The van der Waals surface area contributed by atoms with Gasteiger partial charge in [0.25, 0.3) is 5.91 Å². The standard InChI is InChI=1S/C27H29BrN2O4S/c1-19(2)14-15-33-24-13-12-20(28)18-22(24)26(31)30-27(35)29-23-10-6-7-11-25(23)34-17-16-32-21-8-4-3-5-9-21/h3-13,18-19H,14-17H2,1-2H3,(H2,29,30,31,35). The van der Waals surface area contributed by atoms with Crippen molar-refractivity contribution in [3.05, 3.63) is 82.8 Å². The summed E-state index contributed by atoms with van der Waals surface area (Å²) in [5.41, 5.74) is 1.04. The number of rotatable bonds is 11. The molecule has 3 aromatic carbocycles. The van der Waals surface area contributed by atoms with Crippen molar-refractivity contribution in [2.24, 2.45) is 5.92 Å². The smallest absolute Gasteiger partial charge is 0.261 e. The normalized spacial score (nSPS) is 10.5. The average Bonchev–Trinajstić information content (AvgIpc) is 2.84. The van der Waals surface area contributed by atoms with Gasteiger partial charge in [0.2, 0.25) is 0 Å². The molecule has 0 radical (unpaired) electrons. The van der Waals surface area contributed by atoms with Crippen molar-refractivity contribution >= 4 is 44.9 Å². The fourth-order valence-electron chi connectivity index (χ4n) is 3.06. The van der Waals surface area contributed by atoms with Gasteiger partial charge in [-0.2, -0.15) is 0 Å². The molecular formula is C27H29BrN2O4S. The summed E-state index contributed by atoms with van der Waals surface area (Å²) in [5.74, 6) is 2.04. The highest BCUT2D eigenvalue weighted by Crippen LogP contribution is 2.25. The van der Waals surface area contributed by atoms with Gasteiger partial charge in [-0.25, -0.2) is 0 Å². The van der Waals surface area contributed by atoms with E-state index in [1.165, 1.54) is 0 Å². The Kier molecular flexibility index (Phi) is 10.4. The van der Waals surface area contributed by atoms with E-state index in [-0.39, 0.29) is 11.0 Å². The van der Waals surface area contributed by atoms with Crippen molar-refractivity contribution in [1.82, 2.24) is 5.32 Å². The van der Waals surface area contributed by atoms with E-state index in [1.807, 2.05) is 60.7 Å². The van der Waals surface area contributed by atoms with Crippen molar-refractivity contribution in [1.29, 1.82) is 0 Å². The summed E-state index contributed by atoms with van der Waals surface area (Å²) in [6.45, 7) is 5.52. The van der Waals surface area contributed by atoms with Crippen LogP contribution in [0.2, 0.25) is 0 Å². The van der Waals surface area contributed by atoms with E-state index in [0.29, 0.717) is 48.5 Å². The van der Waals surface area contributed by atoms with Crippen molar-refractivity contribution in [2.45, 2.75) is 20.3 Å². The molecule has 0 bridgehead atoms. The first-order chi connectivity index (χ1) is 16.9. The molecule has 8 heteroatoms. The summed E-state index contributed by atoms with van der Waals surface area (Å²) >= 11 is 8.81. The lowest BCUT2D eigenvalue weighted by Gasteiger charge is -2.16. The van der Waals surface area contributed by atoms with E-state index in [1.54, 1.807) is 12.1 Å². The number of nitrogens with one attached hydrogen (secondary N) is 2. The van der Waals surface area contributed by atoms with Gasteiger partial charge in [-0.1, -0.05) is 60.1 Å². The minimum absolute atomic E-state index is 0.152. The van der Waals surface area contributed by atoms with Gasteiger partial charge in [-0.15, -0.1) is 0 Å². The molecule has 0 spiro atoms. The van der Waals surface area contributed by atoms with Crippen LogP contribution in [0.25, 0.3) is 0 Å². The van der Waals surface area contributed by atoms with Crippen LogP contribution in [0, 0.1) is 5.92 Å². The second-order valence-corrected chi connectivity index (χ2v) is 9.41. The van der Waals surface area contributed by atoms with Gasteiger partial charge in [0.1, 0.15) is 30.5 Å². The van der Waals surface area contributed by atoms with Crippen LogP contribution in [0.4, 0.5) is 5.69 Å². The lowest BCUT2D eigenvalue weighted by atomic mass is 10.1. The average molecular weight is 558 g/mol. The van der Waals surface area contributed by atoms with Crippen LogP contribution < -0.4 is 24.8 Å². The van der Waals surface area contributed by atoms with Crippen LogP contribution in [0.1, 0.15) is 30.6 Å². The minimum Gasteiger partial charge on any atom is -0.493 e. The number of carbonyl (C=O) groups excluding carboxylic acids is 1. The maximum atomic E-state index is 13.0. The number of hydrogen-bond acceptors (Lipinski definition) is 5. The first kappa shape index (κ1) is 26.5. The number of ether oxygens (including phenoxy) is 3. The number of carbonyl (C=O) groups is 1. The zero-order chi connectivity index (χ0) is 25.0. The Bertz CT molecular complexity index is 1130. The van der Waals surface area contributed by atoms with Crippen LogP contribution in [-0.4, -0.2) is 30.8 Å². The molecular weight excluding hydrogens is 528 g/mol. The van der Waals surface area contributed by atoms with Gasteiger partial charge in [0.15, 0.2) is 5.11 Å². The Morgan fingerprint density at radius 2 is 1.57 bits per heavy atom. The molecule has 0 saturated heterocycles. The van der Waals surface area contributed by atoms with Crippen LogP contribution in [0.5, 0.6) is 17.2 Å². The van der Waals surface area contributed by atoms with Gasteiger partial charge in [0.05, 0.1) is 17.9 Å². The number of amides is 1. The quantitative estimate of drug-likeness (QED) is 0.208. The lowest BCUT2D eigenvalue weighted by molar-refractivity contribution is 0.0973. The molecule has 3 rings (SSSR count). The Labute approximate surface area is 220 Å². The molecule has 2 N–H and O–H groups in total. The maximum absolute atomic E-state index is 13.0. The van der Waals surface area contributed by atoms with E-state index in [4.69, 9.17) is 26.4 Å². The zero-order valence-electron chi connectivity index (χ0n) is 19.8. The van der Waals surface area contributed by atoms with Crippen molar-refractivity contribution < 1.29 is 19.0 Å². The van der Waals surface area contributed by atoms with Crippen molar-refractivity contribution in [2.75, 3.05) is 25.1 Å². The first-order valence-corrected chi connectivity index (χ1v) is 12.6. The van der Waals surface area contributed by atoms with Crippen LogP contribution in [0.3, 0.4) is 0 Å². The maximum Gasteiger partial charge on any atom is 0.261 e. The van der Waals surface area contributed by atoms with Gasteiger partial charge < -0.3 is 19.5 Å². The molecule has 0 aliphatic heterocycles. The molecule has 0 aliphatic rings. The summed E-state index contributed by atoms with van der Waals surface area (Å²) < 4.78 is 18.2. The molecule has 0 aromatic heterocycles. The highest BCUT2D eigenvalue weighted by molar-refractivity contribution is 9.10. The molecule has 0 unspecified atom stereocenters. The second-order valence-electron chi connectivity index (χ2n) is 8.09. The second kappa shape index (κ2) is 13.7. The molecule has 0 fully saturated rings. The molecule has 0 heterocycles. The predicted molar refractivity (Wildman–Crippen MR) is 147 cm³/mol. The van der Waals surface area contributed by atoms with Gasteiger partial charge in [-0.05, 0) is 67.0 Å². The Hall–Kier alpha value is -3.10. The van der Waals surface area contributed by atoms with Crippen LogP contribution in [0.15, 0.2) is 77.3 Å². The fraction of sp³-hybridized carbons (Fsp3) is 0.259. The van der Waals surface area contributed by atoms with E-state index in [0.717, 1.165) is 16.6 Å². The van der Waals surface area contributed by atoms with Crippen molar-refractivity contribution in [3.8, 4) is 17.2 Å². The number of anilines is 1. The Morgan fingerprint density at radius 1 is 0.886 bits per heavy atom. The third-order valence-electron chi connectivity index (χ3n) is 4.85. The fourth-order valence-corrected chi connectivity index (χ4v) is 3.62. The number of para-hydroxylation sites is 3. The van der Waals surface area contributed by atoms with Crippen LogP contribution in [-0.2, 0) is 0 Å². The highest BCUT2D eigenvalue weighted by atomic mass is 79.9. The molecule has 6 nitrogen and oxygen atoms in total. The molecule has 1 amide bonds. The third kappa shape index (κ3) is 8.88. The Morgan fingerprint density at radius 3 is 2.34 bits per heavy atom. The summed E-state index contributed by atoms with van der Waals surface area (Å²) in [6.07, 6.45) is 0.893. The number of halogens is 1. The summed E-state index contributed by atoms with van der Waals surface area (Å²) in [6, 6.07) is 22.2. The largest absolute Gasteiger partial charge is 0.493 e. The van der Waals surface area contributed by atoms with Gasteiger partial charge in [-0.3, -0.25) is 10.1 Å². The summed E-state index contributed by atoms with van der Waals surface area (Å²) in [4.78, 5) is 13.0. The highest BCUT2D eigenvalue weighted by Gasteiger charge is 2.16. The molecule has 0 saturated carbocycles. The molecule has 3 aromatic rings. The molecule has 184 valence electrons. The van der Waals surface area contributed by atoms with Gasteiger partial charge in [0, 0.05) is 4.47 Å². The van der Waals surface area contributed by atoms with Crippen molar-refractivity contribution in [3.63, 3.8) is 0 Å². The first-order valence-electron chi connectivity index (χ1n) is 11.4. The zero-order valence-corrected chi connectivity index (χ0v) is 22.2. The van der Waals surface area contributed by atoms with E-state index in [9.17, 15) is 4.79 Å². The van der Waals surface area contributed by atoms with Gasteiger partial charge >= 0.3 is 0 Å². The van der Waals surface area contributed by atoms with E-state index < -0.39 is 0 Å². The Balaban J connectivity index is 1.57. The molecule has 35 heavy (non-hydrogen) atoms. The van der Waals surface area contributed by atoms with E-state index >= 15 is 0 Å². The summed E-state index contributed by atoms with van der Waals surface area (Å²) in [5, 5.41) is 5.92. The molecule has 0 aliphatic carbocycles. The number of hydrogen-bond donors (Lipinski definition) is 2. The topological polar surface area (TPSA) is 68.8 Å². The SMILES string of the molecule is CC(C)CCOc1ccc(Br)cc1C(=O)NC(=S)Nc1ccccc1OCCOc1ccccc1. The monoisotopic (exact) mass is 556 g/mol. The van der Waals surface area contributed by atoms with E-state index in [2.05, 4.69) is 40.4 Å². The predicted octanol–water partition coefficient (Wildman–Crippen LogP) is 6.46. The lowest BCUT2D eigenvalue weighted by Crippen LogP contribution is -2.34. The summed E-state index contributed by atoms with van der Waals surface area (Å²) in [7, 11) is 0. The third-order valence-corrected chi connectivity index (χ3v) is 5.55.